The van der Waals surface area contributed by atoms with Crippen molar-refractivity contribution < 1.29 is 4.79 Å². The number of nitrogens with one attached hydrogen (secondary N) is 1. The molecule has 0 radical (unpaired) electrons. The Morgan fingerprint density at radius 3 is 2.33 bits per heavy atom. The predicted molar refractivity (Wildman–Crippen MR) is 81.0 cm³/mol. The summed E-state index contributed by atoms with van der Waals surface area (Å²) < 4.78 is 0. The zero-order chi connectivity index (χ0) is 13.8. The standard InChI is InChI=1S/C15H28BrNO/c1-5-14(4,11-16)17-13(18)15(10-12(2)3)8-6-7-9-15/h12H,5-11H2,1-4H3,(H,17,18). The largest absolute Gasteiger partial charge is 0.350 e. The van der Waals surface area contributed by atoms with Gasteiger partial charge in [0, 0.05) is 16.3 Å². The lowest BCUT2D eigenvalue weighted by Crippen LogP contribution is -2.52. The van der Waals surface area contributed by atoms with Gasteiger partial charge in [0.25, 0.3) is 0 Å². The normalized spacial score (nSPS) is 21.9. The molecule has 3 heteroatoms. The van der Waals surface area contributed by atoms with Crippen LogP contribution in [0.25, 0.3) is 0 Å². The zero-order valence-electron chi connectivity index (χ0n) is 12.3. The molecule has 0 spiro atoms. The fourth-order valence-corrected chi connectivity index (χ4v) is 3.52. The molecule has 106 valence electrons. The van der Waals surface area contributed by atoms with Gasteiger partial charge in [0.1, 0.15) is 0 Å². The molecule has 18 heavy (non-hydrogen) atoms. The van der Waals surface area contributed by atoms with Crippen molar-refractivity contribution in [1.82, 2.24) is 5.32 Å². The van der Waals surface area contributed by atoms with Crippen molar-refractivity contribution in [3.05, 3.63) is 0 Å². The van der Waals surface area contributed by atoms with Gasteiger partial charge in [0.05, 0.1) is 0 Å². The second-order valence-corrected chi connectivity index (χ2v) is 7.15. The number of alkyl halides is 1. The average molecular weight is 318 g/mol. The van der Waals surface area contributed by atoms with Gasteiger partial charge in [-0.2, -0.15) is 0 Å². The van der Waals surface area contributed by atoms with Crippen LogP contribution in [0.5, 0.6) is 0 Å². The quantitative estimate of drug-likeness (QED) is 0.728. The van der Waals surface area contributed by atoms with E-state index in [1.165, 1.54) is 12.8 Å². The molecule has 1 saturated carbocycles. The maximum absolute atomic E-state index is 12.7. The number of carbonyl (C=O) groups is 1. The first-order valence-corrected chi connectivity index (χ1v) is 8.38. The third-order valence-electron chi connectivity index (χ3n) is 4.33. The van der Waals surface area contributed by atoms with E-state index in [9.17, 15) is 4.79 Å². The van der Waals surface area contributed by atoms with Gasteiger partial charge in [-0.3, -0.25) is 4.79 Å². The van der Waals surface area contributed by atoms with Crippen molar-refractivity contribution in [3.63, 3.8) is 0 Å². The summed E-state index contributed by atoms with van der Waals surface area (Å²) in [7, 11) is 0. The van der Waals surface area contributed by atoms with Gasteiger partial charge in [0.2, 0.25) is 5.91 Å². The van der Waals surface area contributed by atoms with Crippen LogP contribution in [0.4, 0.5) is 0 Å². The summed E-state index contributed by atoms with van der Waals surface area (Å²) in [6.45, 7) is 8.69. The number of carbonyl (C=O) groups excluding carboxylic acids is 1. The average Bonchev–Trinajstić information content (AvgIpc) is 2.77. The van der Waals surface area contributed by atoms with Gasteiger partial charge < -0.3 is 5.32 Å². The maximum atomic E-state index is 12.7. The molecule has 1 N–H and O–H groups in total. The van der Waals surface area contributed by atoms with Crippen molar-refractivity contribution in [1.29, 1.82) is 0 Å². The van der Waals surface area contributed by atoms with Crippen LogP contribution in [-0.4, -0.2) is 16.8 Å². The van der Waals surface area contributed by atoms with Gasteiger partial charge >= 0.3 is 0 Å². The van der Waals surface area contributed by atoms with Crippen LogP contribution in [0.1, 0.15) is 66.2 Å². The minimum atomic E-state index is -0.107. The fraction of sp³-hybridized carbons (Fsp3) is 0.933. The fourth-order valence-electron chi connectivity index (χ4n) is 2.98. The van der Waals surface area contributed by atoms with Gasteiger partial charge in [-0.05, 0) is 38.5 Å². The molecule has 0 saturated heterocycles. The van der Waals surface area contributed by atoms with E-state index in [1.807, 2.05) is 0 Å². The Labute approximate surface area is 120 Å². The van der Waals surface area contributed by atoms with Gasteiger partial charge in [-0.25, -0.2) is 0 Å². The molecule has 2 nitrogen and oxygen atoms in total. The van der Waals surface area contributed by atoms with Crippen LogP contribution in [0.15, 0.2) is 0 Å². The molecule has 0 aromatic heterocycles. The van der Waals surface area contributed by atoms with Crippen molar-refractivity contribution in [2.75, 3.05) is 5.33 Å². The smallest absolute Gasteiger partial charge is 0.226 e. The van der Waals surface area contributed by atoms with Crippen LogP contribution in [-0.2, 0) is 4.79 Å². The van der Waals surface area contributed by atoms with Gasteiger partial charge in [-0.15, -0.1) is 0 Å². The van der Waals surface area contributed by atoms with Crippen molar-refractivity contribution >= 4 is 21.8 Å². The zero-order valence-corrected chi connectivity index (χ0v) is 13.9. The maximum Gasteiger partial charge on any atom is 0.226 e. The summed E-state index contributed by atoms with van der Waals surface area (Å²) in [6, 6.07) is 0. The number of hydrogen-bond acceptors (Lipinski definition) is 1. The first kappa shape index (κ1) is 16.0. The molecule has 0 aromatic carbocycles. The minimum Gasteiger partial charge on any atom is -0.350 e. The van der Waals surface area contributed by atoms with E-state index in [0.717, 1.165) is 31.0 Å². The summed E-state index contributed by atoms with van der Waals surface area (Å²) in [5, 5.41) is 4.11. The van der Waals surface area contributed by atoms with Crippen molar-refractivity contribution in [2.45, 2.75) is 71.8 Å². The van der Waals surface area contributed by atoms with Crippen molar-refractivity contribution in [2.24, 2.45) is 11.3 Å². The Hall–Kier alpha value is -0.0500. The number of halogens is 1. The van der Waals surface area contributed by atoms with Crippen molar-refractivity contribution in [3.8, 4) is 0 Å². The Kier molecular flexibility index (Phi) is 5.69. The molecular weight excluding hydrogens is 290 g/mol. The van der Waals surface area contributed by atoms with Crippen LogP contribution >= 0.6 is 15.9 Å². The summed E-state index contributed by atoms with van der Waals surface area (Å²) in [5.74, 6) is 0.878. The molecule has 1 unspecified atom stereocenters. The summed E-state index contributed by atoms with van der Waals surface area (Å²) in [5.41, 5.74) is -0.198. The molecule has 0 bridgehead atoms. The highest BCUT2D eigenvalue weighted by Crippen LogP contribution is 2.43. The molecule has 0 aliphatic heterocycles. The molecule has 1 rings (SSSR count). The summed E-state index contributed by atoms with van der Waals surface area (Å²) >= 11 is 3.52. The number of rotatable bonds is 6. The molecule has 1 atom stereocenters. The Balaban J connectivity index is 2.78. The minimum absolute atomic E-state index is 0.0905. The van der Waals surface area contributed by atoms with E-state index in [2.05, 4.69) is 48.9 Å². The van der Waals surface area contributed by atoms with Crippen LogP contribution < -0.4 is 5.32 Å². The Bertz CT molecular complexity index is 278. The Morgan fingerprint density at radius 1 is 1.39 bits per heavy atom. The van der Waals surface area contributed by atoms with E-state index < -0.39 is 0 Å². The second-order valence-electron chi connectivity index (χ2n) is 6.59. The number of hydrogen-bond donors (Lipinski definition) is 1. The molecule has 0 heterocycles. The molecule has 1 aliphatic carbocycles. The first-order valence-electron chi connectivity index (χ1n) is 7.26. The monoisotopic (exact) mass is 317 g/mol. The molecule has 1 amide bonds. The summed E-state index contributed by atoms with van der Waals surface area (Å²) in [6.07, 6.45) is 6.54. The van der Waals surface area contributed by atoms with Gasteiger partial charge in [-0.1, -0.05) is 49.5 Å². The SMILES string of the molecule is CCC(C)(CBr)NC(=O)C1(CC(C)C)CCCC1. The lowest BCUT2D eigenvalue weighted by atomic mass is 9.77. The highest BCUT2D eigenvalue weighted by Gasteiger charge is 2.43. The van der Waals surface area contributed by atoms with Gasteiger partial charge in [0.15, 0.2) is 0 Å². The molecule has 1 aliphatic rings. The third-order valence-corrected chi connectivity index (χ3v) is 5.57. The van der Waals surface area contributed by atoms with E-state index in [-0.39, 0.29) is 16.9 Å². The number of amides is 1. The van der Waals surface area contributed by atoms with Crippen LogP contribution in [0, 0.1) is 11.3 Å². The topological polar surface area (TPSA) is 29.1 Å². The Morgan fingerprint density at radius 2 is 1.94 bits per heavy atom. The summed E-state index contributed by atoms with van der Waals surface area (Å²) in [4.78, 5) is 12.7. The second kappa shape index (κ2) is 6.40. The predicted octanol–water partition coefficient (Wildman–Crippen LogP) is 4.27. The highest BCUT2D eigenvalue weighted by atomic mass is 79.9. The lowest BCUT2D eigenvalue weighted by molar-refractivity contribution is -0.133. The van der Waals surface area contributed by atoms with Crippen LogP contribution in [0.2, 0.25) is 0 Å². The van der Waals surface area contributed by atoms with E-state index in [1.54, 1.807) is 0 Å². The molecular formula is C15H28BrNO. The lowest BCUT2D eigenvalue weighted by Gasteiger charge is -2.35. The molecule has 0 aromatic rings. The van der Waals surface area contributed by atoms with Crippen LogP contribution in [0.3, 0.4) is 0 Å². The van der Waals surface area contributed by atoms with E-state index >= 15 is 0 Å². The van der Waals surface area contributed by atoms with E-state index in [4.69, 9.17) is 0 Å². The first-order chi connectivity index (χ1) is 8.37. The van der Waals surface area contributed by atoms with E-state index in [0.29, 0.717) is 5.92 Å². The highest BCUT2D eigenvalue weighted by molar-refractivity contribution is 9.09. The third kappa shape index (κ3) is 3.72. The molecule has 1 fully saturated rings.